The minimum absolute atomic E-state index is 0.115. The second-order valence-corrected chi connectivity index (χ2v) is 9.84. The summed E-state index contributed by atoms with van der Waals surface area (Å²) in [5.41, 5.74) is -0.0928. The number of aliphatic hydroxyl groups is 1. The standard InChI is InChI=1S/C27H35ClN2O6/c1-33-25-16-21(5-10-24(25)35-14-3-12-30-11-2-4-26(30)31)17-29-13-15-34-19-27(32,18-29)20-36-23-8-6-22(28)7-9-23/h5-10,16,32H,2-4,11-15,17-20H2,1H3/t27-/m0/s1. The molecule has 2 aliphatic rings. The first-order chi connectivity index (χ1) is 17.4. The van der Waals surface area contributed by atoms with Crippen molar-refractivity contribution in [2.45, 2.75) is 31.4 Å². The first-order valence-corrected chi connectivity index (χ1v) is 12.8. The average molecular weight is 519 g/mol. The van der Waals surface area contributed by atoms with Crippen LogP contribution in [0, 0.1) is 0 Å². The van der Waals surface area contributed by atoms with Gasteiger partial charge in [0.05, 0.1) is 26.9 Å². The maximum absolute atomic E-state index is 11.7. The van der Waals surface area contributed by atoms with E-state index in [1.54, 1.807) is 31.4 Å². The van der Waals surface area contributed by atoms with E-state index in [2.05, 4.69) is 4.90 Å². The quantitative estimate of drug-likeness (QED) is 0.457. The van der Waals surface area contributed by atoms with Crippen LogP contribution in [0.1, 0.15) is 24.8 Å². The molecule has 8 nitrogen and oxygen atoms in total. The third-order valence-corrected chi connectivity index (χ3v) is 6.65. The summed E-state index contributed by atoms with van der Waals surface area (Å²) in [6.07, 6.45) is 2.39. The van der Waals surface area contributed by atoms with E-state index in [-0.39, 0.29) is 19.1 Å². The fraction of sp³-hybridized carbons (Fsp3) is 0.519. The largest absolute Gasteiger partial charge is 0.493 e. The normalized spacial score (nSPS) is 20.9. The van der Waals surface area contributed by atoms with Crippen LogP contribution < -0.4 is 14.2 Å². The molecule has 0 aromatic heterocycles. The van der Waals surface area contributed by atoms with Crippen LogP contribution in [-0.4, -0.2) is 86.1 Å². The number of halogens is 1. The van der Waals surface area contributed by atoms with Gasteiger partial charge in [-0.2, -0.15) is 0 Å². The number of ether oxygens (including phenoxy) is 4. The third-order valence-electron chi connectivity index (χ3n) is 6.40. The molecule has 0 bridgehead atoms. The summed E-state index contributed by atoms with van der Waals surface area (Å²) in [4.78, 5) is 15.8. The highest BCUT2D eigenvalue weighted by molar-refractivity contribution is 6.30. The van der Waals surface area contributed by atoms with E-state index in [0.717, 1.165) is 31.5 Å². The van der Waals surface area contributed by atoms with Gasteiger partial charge in [0, 0.05) is 44.2 Å². The molecule has 0 spiro atoms. The van der Waals surface area contributed by atoms with E-state index in [9.17, 15) is 9.90 Å². The van der Waals surface area contributed by atoms with Gasteiger partial charge in [-0.05, 0) is 54.8 Å². The van der Waals surface area contributed by atoms with Gasteiger partial charge in [-0.15, -0.1) is 0 Å². The Balaban J connectivity index is 1.30. The molecule has 2 aromatic rings. The van der Waals surface area contributed by atoms with Gasteiger partial charge in [0.1, 0.15) is 18.0 Å². The monoisotopic (exact) mass is 518 g/mol. The maximum atomic E-state index is 11.7. The number of hydrogen-bond donors (Lipinski definition) is 1. The van der Waals surface area contributed by atoms with Gasteiger partial charge in [0.25, 0.3) is 0 Å². The van der Waals surface area contributed by atoms with Crippen molar-refractivity contribution in [3.05, 3.63) is 53.1 Å². The molecule has 196 valence electrons. The molecule has 0 radical (unpaired) electrons. The van der Waals surface area contributed by atoms with Crippen molar-refractivity contribution in [3.8, 4) is 17.2 Å². The predicted molar refractivity (Wildman–Crippen MR) is 137 cm³/mol. The highest BCUT2D eigenvalue weighted by Gasteiger charge is 2.33. The molecule has 1 atom stereocenters. The van der Waals surface area contributed by atoms with E-state index >= 15 is 0 Å². The number of nitrogens with zero attached hydrogens (tertiary/aromatic N) is 2. The maximum Gasteiger partial charge on any atom is 0.222 e. The molecule has 2 aromatic carbocycles. The Morgan fingerprint density at radius 2 is 1.94 bits per heavy atom. The number of carbonyl (C=O) groups excluding carboxylic acids is 1. The molecule has 2 fully saturated rings. The zero-order valence-electron chi connectivity index (χ0n) is 20.8. The second-order valence-electron chi connectivity index (χ2n) is 9.40. The lowest BCUT2D eigenvalue weighted by Crippen LogP contribution is -2.48. The van der Waals surface area contributed by atoms with Gasteiger partial charge in [0.2, 0.25) is 5.91 Å². The molecule has 1 amide bonds. The molecule has 2 heterocycles. The van der Waals surface area contributed by atoms with Crippen LogP contribution in [0.3, 0.4) is 0 Å². The lowest BCUT2D eigenvalue weighted by Gasteiger charge is -2.30. The molecule has 0 unspecified atom stereocenters. The van der Waals surface area contributed by atoms with Crippen molar-refractivity contribution in [1.82, 2.24) is 9.80 Å². The lowest BCUT2D eigenvalue weighted by atomic mass is 10.1. The Kier molecular flexibility index (Phi) is 9.31. The molecule has 0 aliphatic carbocycles. The van der Waals surface area contributed by atoms with E-state index in [1.165, 1.54) is 0 Å². The number of rotatable bonds is 11. The van der Waals surface area contributed by atoms with Crippen LogP contribution >= 0.6 is 11.6 Å². The van der Waals surface area contributed by atoms with Crippen LogP contribution in [-0.2, 0) is 16.1 Å². The average Bonchev–Trinajstić information content (AvgIpc) is 3.19. The fourth-order valence-corrected chi connectivity index (χ4v) is 4.66. The number of β-amino-alcohol motifs (C(OH)–C–C–N with tert-alkyl or cyclic N) is 1. The van der Waals surface area contributed by atoms with Crippen LogP contribution in [0.4, 0.5) is 0 Å². The number of likely N-dealkylation sites (tertiary alicyclic amines) is 1. The summed E-state index contributed by atoms with van der Waals surface area (Å²) in [6, 6.07) is 13.0. The Morgan fingerprint density at radius 1 is 1.11 bits per heavy atom. The Bertz CT molecular complexity index is 1000. The van der Waals surface area contributed by atoms with Crippen molar-refractivity contribution < 1.29 is 28.8 Å². The van der Waals surface area contributed by atoms with Gasteiger partial charge in [-0.1, -0.05) is 17.7 Å². The van der Waals surface area contributed by atoms with E-state index in [0.29, 0.717) is 61.5 Å². The summed E-state index contributed by atoms with van der Waals surface area (Å²) in [6.45, 7) is 4.67. The minimum Gasteiger partial charge on any atom is -0.493 e. The summed E-state index contributed by atoms with van der Waals surface area (Å²) in [5.74, 6) is 2.23. The first-order valence-electron chi connectivity index (χ1n) is 12.4. The van der Waals surface area contributed by atoms with Gasteiger partial charge in [-0.3, -0.25) is 9.69 Å². The smallest absolute Gasteiger partial charge is 0.222 e. The molecule has 0 saturated carbocycles. The Morgan fingerprint density at radius 3 is 2.69 bits per heavy atom. The van der Waals surface area contributed by atoms with Gasteiger partial charge in [-0.25, -0.2) is 0 Å². The molecule has 2 saturated heterocycles. The Labute approximate surface area is 217 Å². The topological polar surface area (TPSA) is 80.7 Å². The number of carbonyl (C=O) groups is 1. The molecule has 9 heteroatoms. The number of amides is 1. The number of hydrogen-bond acceptors (Lipinski definition) is 7. The second kappa shape index (κ2) is 12.6. The summed E-state index contributed by atoms with van der Waals surface area (Å²) in [7, 11) is 1.63. The van der Waals surface area contributed by atoms with Gasteiger partial charge >= 0.3 is 0 Å². The summed E-state index contributed by atoms with van der Waals surface area (Å²) >= 11 is 5.94. The van der Waals surface area contributed by atoms with Crippen LogP contribution in [0.5, 0.6) is 17.2 Å². The first kappa shape index (κ1) is 26.5. The lowest BCUT2D eigenvalue weighted by molar-refractivity contribution is -0.127. The SMILES string of the molecule is COc1cc(CN2CCOC[C@](O)(COc3ccc(Cl)cc3)C2)ccc1OCCCN1CCCC1=O. The van der Waals surface area contributed by atoms with Crippen molar-refractivity contribution >= 4 is 17.5 Å². The molecular formula is C27H35ClN2O6. The van der Waals surface area contributed by atoms with E-state index in [4.69, 9.17) is 30.5 Å². The van der Waals surface area contributed by atoms with Gasteiger partial charge in [0.15, 0.2) is 11.5 Å². The molecule has 1 N–H and O–H groups in total. The van der Waals surface area contributed by atoms with Crippen LogP contribution in [0.2, 0.25) is 5.02 Å². The molecule has 36 heavy (non-hydrogen) atoms. The zero-order valence-corrected chi connectivity index (χ0v) is 21.5. The van der Waals surface area contributed by atoms with E-state index < -0.39 is 5.60 Å². The van der Waals surface area contributed by atoms with E-state index in [1.807, 2.05) is 23.1 Å². The number of benzene rings is 2. The fourth-order valence-electron chi connectivity index (χ4n) is 4.53. The van der Waals surface area contributed by atoms with Crippen molar-refractivity contribution in [1.29, 1.82) is 0 Å². The van der Waals surface area contributed by atoms with Crippen molar-refractivity contribution in [2.24, 2.45) is 0 Å². The number of methoxy groups -OCH3 is 1. The molecular weight excluding hydrogens is 484 g/mol. The van der Waals surface area contributed by atoms with Crippen LogP contribution in [0.25, 0.3) is 0 Å². The van der Waals surface area contributed by atoms with Crippen LogP contribution in [0.15, 0.2) is 42.5 Å². The third kappa shape index (κ3) is 7.49. The Hall–Kier alpha value is -2.52. The van der Waals surface area contributed by atoms with Gasteiger partial charge < -0.3 is 29.0 Å². The summed E-state index contributed by atoms with van der Waals surface area (Å²) < 4.78 is 23.0. The highest BCUT2D eigenvalue weighted by atomic mass is 35.5. The molecule has 2 aliphatic heterocycles. The zero-order chi connectivity index (χ0) is 25.4. The summed E-state index contributed by atoms with van der Waals surface area (Å²) in [5, 5.41) is 11.8. The van der Waals surface area contributed by atoms with Crippen molar-refractivity contribution in [3.63, 3.8) is 0 Å². The molecule has 4 rings (SSSR count). The van der Waals surface area contributed by atoms with Crippen molar-refractivity contribution in [2.75, 3.05) is 59.7 Å². The predicted octanol–water partition coefficient (Wildman–Crippen LogP) is 3.38. The minimum atomic E-state index is -1.14. The highest BCUT2D eigenvalue weighted by Crippen LogP contribution is 2.29.